The van der Waals surface area contributed by atoms with Gasteiger partial charge >= 0.3 is 0 Å². The summed E-state index contributed by atoms with van der Waals surface area (Å²) in [6.07, 6.45) is 18.9. The van der Waals surface area contributed by atoms with Crippen LogP contribution in [0.2, 0.25) is 0 Å². The second-order valence-corrected chi connectivity index (χ2v) is 13.9. The number of aromatic nitrogens is 9. The molecule has 0 spiro atoms. The molecule has 9 nitrogen and oxygen atoms in total. The lowest BCUT2D eigenvalue weighted by atomic mass is 10.0. The number of H-pyrrole nitrogens is 1. The van der Waals surface area contributed by atoms with Gasteiger partial charge in [-0.1, -0.05) is 99.6 Å². The van der Waals surface area contributed by atoms with E-state index in [2.05, 4.69) is 139 Å². The summed E-state index contributed by atoms with van der Waals surface area (Å²) >= 11 is 0. The van der Waals surface area contributed by atoms with Crippen LogP contribution in [-0.4, -0.2) is 43.8 Å². The van der Waals surface area contributed by atoms with Crippen molar-refractivity contribution in [2.45, 2.75) is 109 Å². The minimum absolute atomic E-state index is 0.668. The van der Waals surface area contributed by atoms with Crippen molar-refractivity contribution < 1.29 is 0 Å². The highest BCUT2D eigenvalue weighted by Crippen LogP contribution is 2.06. The van der Waals surface area contributed by atoms with Crippen LogP contribution in [0, 0.1) is 36.5 Å². The first-order chi connectivity index (χ1) is 22.3. The first-order valence-corrected chi connectivity index (χ1v) is 17.1. The Morgan fingerprint density at radius 3 is 1.64 bits per heavy atom. The van der Waals surface area contributed by atoms with E-state index in [0.717, 1.165) is 43.6 Å². The van der Waals surface area contributed by atoms with Gasteiger partial charge in [0.25, 0.3) is 0 Å². The Hall–Kier alpha value is -4.01. The van der Waals surface area contributed by atoms with Crippen LogP contribution in [0.25, 0.3) is 0 Å². The molecular weight excluding hydrogens is 582 g/mol. The van der Waals surface area contributed by atoms with Gasteiger partial charge in [-0.3, -0.25) is 0 Å². The van der Waals surface area contributed by atoms with Crippen molar-refractivity contribution >= 4 is 0 Å². The Labute approximate surface area is 285 Å². The summed E-state index contributed by atoms with van der Waals surface area (Å²) in [6, 6.07) is 10.6. The fourth-order valence-corrected chi connectivity index (χ4v) is 4.43. The van der Waals surface area contributed by atoms with Gasteiger partial charge in [-0.05, 0) is 48.5 Å². The van der Waals surface area contributed by atoms with Gasteiger partial charge in [0.1, 0.15) is 24.3 Å². The molecule has 1 N–H and O–H groups in total. The lowest BCUT2D eigenvalue weighted by Gasteiger charge is -2.06. The molecule has 0 aliphatic rings. The maximum atomic E-state index is 4.13. The highest BCUT2D eigenvalue weighted by Gasteiger charge is 1.99. The number of benzene rings is 1. The normalized spacial score (nSPS) is 10.6. The highest BCUT2D eigenvalue weighted by atomic mass is 15.2. The zero-order chi connectivity index (χ0) is 35.0. The molecule has 4 heterocycles. The number of hydrogen-bond acceptors (Lipinski definition) is 5. The Morgan fingerprint density at radius 2 is 1.19 bits per heavy atom. The summed E-state index contributed by atoms with van der Waals surface area (Å²) in [5, 5.41) is 7.38. The lowest BCUT2D eigenvalue weighted by molar-refractivity contribution is 0.514. The van der Waals surface area contributed by atoms with Crippen molar-refractivity contribution in [1.82, 2.24) is 43.8 Å². The minimum Gasteiger partial charge on any atom is -0.349 e. The second kappa shape index (κ2) is 24.2. The predicted molar refractivity (Wildman–Crippen MR) is 196 cm³/mol. The molecule has 0 saturated carbocycles. The van der Waals surface area contributed by atoms with Gasteiger partial charge in [0.15, 0.2) is 0 Å². The third kappa shape index (κ3) is 22.2. The Kier molecular flexibility index (Phi) is 21.1. The Bertz CT molecular complexity index is 1240. The van der Waals surface area contributed by atoms with Crippen molar-refractivity contribution in [2.24, 2.45) is 29.6 Å². The summed E-state index contributed by atoms with van der Waals surface area (Å²) in [4.78, 5) is 15.2. The van der Waals surface area contributed by atoms with Crippen LogP contribution in [0.1, 0.15) is 86.4 Å². The molecule has 0 radical (unpaired) electrons. The topological polar surface area (TPSA) is 95.0 Å². The standard InChI is InChI=1S/C10H14.C8H14N2.2C7H12N2.C6H11N3/c1-9(2)8-10-6-4-3-5-7-10;1-7(2)6-10-5-4-9-8(10)3;1-7(2)5-9-4-3-8-6-9;1-6(2)5-7-8-3-4-9-7;1-6(2)3-9-4-7-8-5-9/h3-7,9H,8H2,1-2H3;4-5,7H,6H2,1-3H3;3-4,6-7H,5H2,1-2H3;3-4,6H,5H2,1-2H3,(H,8,9);4-6H,3H2,1-2H3. The Morgan fingerprint density at radius 1 is 0.596 bits per heavy atom. The SMILES string of the molecule is CC(C)Cc1ccccc1.CC(C)Cc1ncc[nH]1.CC(C)Cn1ccnc1.CC(C)Cn1cnnc1.Cc1nccn1CC(C)C. The number of nitrogens with zero attached hydrogens (tertiary/aromatic N) is 8. The minimum atomic E-state index is 0.668. The van der Waals surface area contributed by atoms with Crippen LogP contribution in [0.5, 0.6) is 0 Å². The van der Waals surface area contributed by atoms with Crippen LogP contribution in [0.3, 0.4) is 0 Å². The number of aromatic amines is 1. The van der Waals surface area contributed by atoms with Gasteiger partial charge in [0.05, 0.1) is 6.33 Å². The zero-order valence-electron chi connectivity index (χ0n) is 31.1. The summed E-state index contributed by atoms with van der Waals surface area (Å²) in [7, 11) is 0. The van der Waals surface area contributed by atoms with Gasteiger partial charge in [-0.25, -0.2) is 15.0 Å². The largest absolute Gasteiger partial charge is 0.349 e. The van der Waals surface area contributed by atoms with E-state index in [1.807, 2.05) is 48.8 Å². The monoisotopic (exact) mass is 646 g/mol. The van der Waals surface area contributed by atoms with Gasteiger partial charge in [-0.2, -0.15) is 0 Å². The van der Waals surface area contributed by atoms with Crippen LogP contribution >= 0.6 is 0 Å². The van der Waals surface area contributed by atoms with Crippen molar-refractivity contribution in [2.75, 3.05) is 0 Å². The fourth-order valence-electron chi connectivity index (χ4n) is 4.43. The smallest absolute Gasteiger partial charge is 0.119 e. The van der Waals surface area contributed by atoms with Crippen LogP contribution < -0.4 is 0 Å². The maximum Gasteiger partial charge on any atom is 0.119 e. The van der Waals surface area contributed by atoms with Crippen molar-refractivity contribution in [3.63, 3.8) is 0 Å². The highest BCUT2D eigenvalue weighted by molar-refractivity contribution is 5.14. The number of hydrogen-bond donors (Lipinski definition) is 1. The van der Waals surface area contributed by atoms with Crippen molar-refractivity contribution in [1.29, 1.82) is 0 Å². The number of imidazole rings is 3. The summed E-state index contributed by atoms with van der Waals surface area (Å²) < 4.78 is 6.24. The van der Waals surface area contributed by atoms with Crippen LogP contribution in [0.15, 0.2) is 86.5 Å². The van der Waals surface area contributed by atoms with E-state index < -0.39 is 0 Å². The van der Waals surface area contributed by atoms with E-state index in [4.69, 9.17) is 0 Å². The number of aryl methyl sites for hydroxylation is 1. The molecule has 0 fully saturated rings. The van der Waals surface area contributed by atoms with E-state index in [-0.39, 0.29) is 0 Å². The number of nitrogens with one attached hydrogen (secondary N) is 1. The molecule has 0 aliphatic heterocycles. The molecular formula is C38H63N9. The van der Waals surface area contributed by atoms with E-state index in [9.17, 15) is 0 Å². The quantitative estimate of drug-likeness (QED) is 0.164. The lowest BCUT2D eigenvalue weighted by Crippen LogP contribution is -2.04. The van der Waals surface area contributed by atoms with Crippen LogP contribution in [-0.2, 0) is 32.5 Å². The molecule has 9 heteroatoms. The maximum absolute atomic E-state index is 4.13. The average molecular weight is 646 g/mol. The third-order valence-corrected chi connectivity index (χ3v) is 6.31. The summed E-state index contributed by atoms with van der Waals surface area (Å²) in [5.74, 6) is 5.73. The molecule has 5 aromatic rings. The molecule has 1 aromatic carbocycles. The second-order valence-electron chi connectivity index (χ2n) is 13.9. The average Bonchev–Trinajstić information content (AvgIpc) is 3.81. The van der Waals surface area contributed by atoms with Crippen molar-refractivity contribution in [3.8, 4) is 0 Å². The first-order valence-electron chi connectivity index (χ1n) is 17.1. The molecule has 0 aliphatic carbocycles. The van der Waals surface area contributed by atoms with Crippen molar-refractivity contribution in [3.05, 3.63) is 104 Å². The first kappa shape index (κ1) is 41.0. The molecule has 0 unspecified atom stereocenters. The van der Waals surface area contributed by atoms with E-state index in [1.54, 1.807) is 18.9 Å². The summed E-state index contributed by atoms with van der Waals surface area (Å²) in [6.45, 7) is 27.2. The molecule has 0 bridgehead atoms. The number of rotatable bonds is 10. The fraction of sp³-hybridized carbons (Fsp3) is 0.553. The molecule has 4 aromatic heterocycles. The van der Waals surface area contributed by atoms with E-state index >= 15 is 0 Å². The molecule has 5 rings (SSSR count). The van der Waals surface area contributed by atoms with E-state index in [1.165, 1.54) is 12.0 Å². The van der Waals surface area contributed by atoms with Crippen LogP contribution in [0.4, 0.5) is 0 Å². The molecule has 260 valence electrons. The Balaban J connectivity index is 0.000000294. The molecule has 0 atom stereocenters. The van der Waals surface area contributed by atoms with Gasteiger partial charge in [0, 0.05) is 63.2 Å². The zero-order valence-corrected chi connectivity index (χ0v) is 31.1. The third-order valence-electron chi connectivity index (χ3n) is 6.31. The molecule has 0 saturated heterocycles. The predicted octanol–water partition coefficient (Wildman–Crippen LogP) is 8.81. The van der Waals surface area contributed by atoms with Gasteiger partial charge < -0.3 is 18.7 Å². The molecule has 47 heavy (non-hydrogen) atoms. The van der Waals surface area contributed by atoms with Gasteiger partial charge in [-0.15, -0.1) is 10.2 Å². The van der Waals surface area contributed by atoms with E-state index in [0.29, 0.717) is 23.7 Å². The molecule has 0 amide bonds. The summed E-state index contributed by atoms with van der Waals surface area (Å²) in [5.41, 5.74) is 1.44. The van der Waals surface area contributed by atoms with Gasteiger partial charge in [0.2, 0.25) is 0 Å².